The van der Waals surface area contributed by atoms with Crippen LogP contribution in [0.15, 0.2) is 76.3 Å². The quantitative estimate of drug-likeness (QED) is 0.393. The minimum absolute atomic E-state index is 0.0295. The van der Waals surface area contributed by atoms with E-state index in [0.29, 0.717) is 37.7 Å². The molecule has 2 aromatic heterocycles. The summed E-state index contributed by atoms with van der Waals surface area (Å²) in [6, 6.07) is 18.7. The molecule has 0 bridgehead atoms. The Hall–Kier alpha value is -4.51. The molecule has 0 aliphatic carbocycles. The van der Waals surface area contributed by atoms with Gasteiger partial charge in [-0.1, -0.05) is 59.7 Å². The summed E-state index contributed by atoms with van der Waals surface area (Å²) in [5, 5.41) is 11.1. The SMILES string of the molecule is O=C1Cc2ccccc2C(c2ccccc2)=NC1Nc1nnc(-c2ncc(C(F)F)cc2N2CCOCC2)o1. The lowest BCUT2D eigenvalue weighted by atomic mass is 9.96. The number of carbonyl (C=O) groups excluding carboxylic acids is 1. The molecule has 6 rings (SSSR count). The van der Waals surface area contributed by atoms with Gasteiger partial charge in [0.2, 0.25) is 0 Å². The first-order valence-electron chi connectivity index (χ1n) is 12.5. The van der Waals surface area contributed by atoms with Crippen LogP contribution in [0.5, 0.6) is 0 Å². The normalized spacial score (nSPS) is 17.5. The number of ketones is 1. The Bertz CT molecular complexity index is 1520. The van der Waals surface area contributed by atoms with Crippen LogP contribution in [0, 0.1) is 0 Å². The molecule has 2 aromatic carbocycles. The van der Waals surface area contributed by atoms with E-state index in [1.165, 1.54) is 6.07 Å². The molecule has 2 aliphatic heterocycles. The van der Waals surface area contributed by atoms with Gasteiger partial charge in [0.05, 0.1) is 24.6 Å². The van der Waals surface area contributed by atoms with E-state index in [-0.39, 0.29) is 35.4 Å². The molecule has 9 nitrogen and oxygen atoms in total. The van der Waals surface area contributed by atoms with Crippen LogP contribution in [-0.4, -0.2) is 59.1 Å². The van der Waals surface area contributed by atoms with Crippen LogP contribution in [-0.2, 0) is 16.0 Å². The number of hydrogen-bond donors (Lipinski definition) is 1. The molecule has 1 atom stereocenters. The highest BCUT2D eigenvalue weighted by Crippen LogP contribution is 2.33. The van der Waals surface area contributed by atoms with Crippen molar-refractivity contribution in [3.05, 3.63) is 89.1 Å². The van der Waals surface area contributed by atoms with Crippen molar-refractivity contribution in [2.24, 2.45) is 4.99 Å². The van der Waals surface area contributed by atoms with Gasteiger partial charge in [-0.05, 0) is 11.6 Å². The van der Waals surface area contributed by atoms with Crippen molar-refractivity contribution in [1.82, 2.24) is 15.2 Å². The van der Waals surface area contributed by atoms with Crippen molar-refractivity contribution in [3.63, 3.8) is 0 Å². The molecule has 1 N–H and O–H groups in total. The average Bonchev–Trinajstić information content (AvgIpc) is 3.39. The number of aromatic nitrogens is 3. The molecule has 4 aromatic rings. The van der Waals surface area contributed by atoms with E-state index in [4.69, 9.17) is 14.1 Å². The Morgan fingerprint density at radius 3 is 2.56 bits per heavy atom. The largest absolute Gasteiger partial charge is 0.402 e. The third-order valence-electron chi connectivity index (χ3n) is 6.63. The summed E-state index contributed by atoms with van der Waals surface area (Å²) in [6.45, 7) is 1.94. The molecule has 4 heterocycles. The molecule has 1 saturated heterocycles. The second-order valence-electron chi connectivity index (χ2n) is 9.14. The predicted octanol–water partition coefficient (Wildman–Crippen LogP) is 4.31. The molecule has 11 heteroatoms. The average molecular weight is 531 g/mol. The molecule has 0 saturated carbocycles. The van der Waals surface area contributed by atoms with Crippen molar-refractivity contribution in [2.45, 2.75) is 19.0 Å². The molecular weight excluding hydrogens is 506 g/mol. The van der Waals surface area contributed by atoms with Crippen LogP contribution < -0.4 is 10.2 Å². The summed E-state index contributed by atoms with van der Waals surface area (Å²) in [5.41, 5.74) is 3.82. The maximum absolute atomic E-state index is 13.4. The van der Waals surface area contributed by atoms with Crippen molar-refractivity contribution in [2.75, 3.05) is 36.5 Å². The Morgan fingerprint density at radius 1 is 1.00 bits per heavy atom. The number of hydrogen-bond acceptors (Lipinski definition) is 9. The topological polar surface area (TPSA) is 106 Å². The van der Waals surface area contributed by atoms with Gasteiger partial charge in [0.15, 0.2) is 17.6 Å². The Kier molecular flexibility index (Phi) is 6.80. The smallest absolute Gasteiger partial charge is 0.317 e. The maximum Gasteiger partial charge on any atom is 0.317 e. The molecule has 2 aliphatic rings. The summed E-state index contributed by atoms with van der Waals surface area (Å²) in [7, 11) is 0. The summed E-state index contributed by atoms with van der Waals surface area (Å²) in [4.78, 5) is 24.1. The number of halogens is 2. The number of aliphatic imine (C=N–C) groups is 1. The third-order valence-corrected chi connectivity index (χ3v) is 6.63. The number of nitrogens with one attached hydrogen (secondary N) is 1. The monoisotopic (exact) mass is 530 g/mol. The Morgan fingerprint density at radius 2 is 1.77 bits per heavy atom. The number of benzene rings is 2. The van der Waals surface area contributed by atoms with E-state index in [1.807, 2.05) is 59.5 Å². The fourth-order valence-electron chi connectivity index (χ4n) is 4.69. The van der Waals surface area contributed by atoms with Gasteiger partial charge >= 0.3 is 6.01 Å². The van der Waals surface area contributed by atoms with E-state index >= 15 is 0 Å². The lowest BCUT2D eigenvalue weighted by Crippen LogP contribution is -2.36. The van der Waals surface area contributed by atoms with Gasteiger partial charge in [-0.15, -0.1) is 5.10 Å². The molecule has 1 unspecified atom stereocenters. The van der Waals surface area contributed by atoms with E-state index in [2.05, 4.69) is 20.5 Å². The Balaban J connectivity index is 1.33. The summed E-state index contributed by atoms with van der Waals surface area (Å²) in [5.74, 6) is -0.127. The third kappa shape index (κ3) is 5.13. The molecule has 0 spiro atoms. The van der Waals surface area contributed by atoms with Crippen LogP contribution >= 0.6 is 0 Å². The molecule has 0 amide bonds. The zero-order valence-electron chi connectivity index (χ0n) is 20.8. The number of Topliss-reactive ketones (excluding diaryl/α,β-unsaturated/α-hetero) is 1. The van der Waals surface area contributed by atoms with Crippen LogP contribution in [0.1, 0.15) is 28.7 Å². The van der Waals surface area contributed by atoms with Crippen LogP contribution in [0.4, 0.5) is 20.5 Å². The molecule has 0 radical (unpaired) electrons. The van der Waals surface area contributed by atoms with Gasteiger partial charge < -0.3 is 19.4 Å². The minimum atomic E-state index is -2.67. The number of pyridine rings is 1. The van der Waals surface area contributed by atoms with Crippen LogP contribution in [0.3, 0.4) is 0 Å². The number of carbonyl (C=O) groups is 1. The van der Waals surface area contributed by atoms with E-state index in [9.17, 15) is 13.6 Å². The molecule has 39 heavy (non-hydrogen) atoms. The maximum atomic E-state index is 13.4. The minimum Gasteiger partial charge on any atom is -0.402 e. The lowest BCUT2D eigenvalue weighted by molar-refractivity contribution is -0.119. The second-order valence-corrected chi connectivity index (χ2v) is 9.14. The van der Waals surface area contributed by atoms with Gasteiger partial charge in [0.1, 0.15) is 0 Å². The summed E-state index contributed by atoms with van der Waals surface area (Å²) >= 11 is 0. The zero-order chi connectivity index (χ0) is 26.8. The summed E-state index contributed by atoms with van der Waals surface area (Å²) < 4.78 is 38.1. The first kappa shape index (κ1) is 24.8. The standard InChI is InChI=1S/C28H24F2N6O3/c29-25(30)19-14-21(36-10-12-38-13-11-36)24(31-16-19)27-34-35-28(39-27)33-26-22(37)15-18-8-4-5-9-20(18)23(32-26)17-6-2-1-3-7-17/h1-9,14,16,25-26H,10-13,15H2,(H,33,35). The van der Waals surface area contributed by atoms with Crippen molar-refractivity contribution in [3.8, 4) is 11.6 Å². The summed E-state index contributed by atoms with van der Waals surface area (Å²) in [6.07, 6.45) is -2.38. The Labute approximate surface area is 222 Å². The zero-order valence-corrected chi connectivity index (χ0v) is 20.8. The van der Waals surface area contributed by atoms with Gasteiger partial charge in [0, 0.05) is 42.4 Å². The number of fused-ring (bicyclic) bond motifs is 1. The number of ether oxygens (including phenoxy) is 1. The van der Waals surface area contributed by atoms with Crippen LogP contribution in [0.2, 0.25) is 0 Å². The second kappa shape index (κ2) is 10.7. The number of morpholine rings is 1. The van der Waals surface area contributed by atoms with Crippen molar-refractivity contribution >= 4 is 23.2 Å². The fraction of sp³-hybridized carbons (Fsp3) is 0.250. The fourth-order valence-corrected chi connectivity index (χ4v) is 4.69. The molecular formula is C28H24F2N6O3. The molecule has 1 fully saturated rings. The number of nitrogens with zero attached hydrogens (tertiary/aromatic N) is 5. The van der Waals surface area contributed by atoms with Crippen molar-refractivity contribution < 1.29 is 22.7 Å². The lowest BCUT2D eigenvalue weighted by Gasteiger charge is -2.29. The first-order valence-corrected chi connectivity index (χ1v) is 12.5. The number of rotatable bonds is 6. The highest BCUT2D eigenvalue weighted by Gasteiger charge is 2.28. The molecule has 198 valence electrons. The highest BCUT2D eigenvalue weighted by atomic mass is 19.3. The van der Waals surface area contributed by atoms with Gasteiger partial charge in [-0.2, -0.15) is 0 Å². The van der Waals surface area contributed by atoms with Crippen molar-refractivity contribution in [1.29, 1.82) is 0 Å². The van der Waals surface area contributed by atoms with Gasteiger partial charge in [0.25, 0.3) is 12.3 Å². The van der Waals surface area contributed by atoms with Gasteiger partial charge in [-0.25, -0.2) is 13.8 Å². The van der Waals surface area contributed by atoms with Gasteiger partial charge in [-0.3, -0.25) is 9.79 Å². The number of alkyl halides is 2. The predicted molar refractivity (Wildman–Crippen MR) is 140 cm³/mol. The van der Waals surface area contributed by atoms with E-state index in [1.54, 1.807) is 0 Å². The van der Waals surface area contributed by atoms with E-state index < -0.39 is 12.6 Å². The first-order chi connectivity index (χ1) is 19.1. The number of anilines is 2. The van der Waals surface area contributed by atoms with E-state index in [0.717, 1.165) is 22.9 Å². The van der Waals surface area contributed by atoms with Crippen LogP contribution in [0.25, 0.3) is 11.6 Å². The highest BCUT2D eigenvalue weighted by molar-refractivity contribution is 6.16.